The number of aliphatic hydroxyl groups is 1. The first-order valence-electron chi connectivity index (χ1n) is 5.20. The van der Waals surface area contributed by atoms with E-state index in [1.807, 2.05) is 13.8 Å². The molecule has 4 N–H and O–H groups in total. The molecule has 0 aliphatic carbocycles. The van der Waals surface area contributed by atoms with Crippen LogP contribution in [0.5, 0.6) is 0 Å². The molecule has 84 valence electrons. The van der Waals surface area contributed by atoms with E-state index in [0.717, 1.165) is 6.42 Å². The zero-order chi connectivity index (χ0) is 11.0. The van der Waals surface area contributed by atoms with E-state index in [9.17, 15) is 4.79 Å². The monoisotopic (exact) mass is 202 g/mol. The molecule has 4 nitrogen and oxygen atoms in total. The van der Waals surface area contributed by atoms with Gasteiger partial charge in [-0.15, -0.1) is 0 Å². The lowest BCUT2D eigenvalue weighted by atomic mass is 10.1. The summed E-state index contributed by atoms with van der Waals surface area (Å²) in [5.41, 5.74) is 5.44. The smallest absolute Gasteiger partial charge is 0.220 e. The fourth-order valence-electron chi connectivity index (χ4n) is 1.11. The highest BCUT2D eigenvalue weighted by molar-refractivity contribution is 5.76. The maximum atomic E-state index is 11.3. The zero-order valence-corrected chi connectivity index (χ0v) is 9.12. The van der Waals surface area contributed by atoms with Crippen LogP contribution in [0.25, 0.3) is 0 Å². The van der Waals surface area contributed by atoms with Crippen LogP contribution in [0.3, 0.4) is 0 Å². The van der Waals surface area contributed by atoms with Gasteiger partial charge in [0.05, 0.1) is 0 Å². The first-order chi connectivity index (χ1) is 6.60. The van der Waals surface area contributed by atoms with E-state index >= 15 is 0 Å². The Bertz CT molecular complexity index is 162. The van der Waals surface area contributed by atoms with Gasteiger partial charge in [-0.3, -0.25) is 4.79 Å². The maximum absolute atomic E-state index is 11.3. The van der Waals surface area contributed by atoms with E-state index in [-0.39, 0.29) is 18.6 Å². The van der Waals surface area contributed by atoms with Crippen molar-refractivity contribution in [2.24, 2.45) is 11.7 Å². The Labute approximate surface area is 85.9 Å². The largest absolute Gasteiger partial charge is 0.396 e. The lowest BCUT2D eigenvalue weighted by Crippen LogP contribution is -2.33. The number of carbonyl (C=O) groups is 1. The second-order valence-corrected chi connectivity index (χ2v) is 3.86. The summed E-state index contributed by atoms with van der Waals surface area (Å²) in [6.45, 7) is 4.66. The normalized spacial score (nSPS) is 14.9. The Balaban J connectivity index is 3.54. The third-order valence-corrected chi connectivity index (χ3v) is 2.24. The van der Waals surface area contributed by atoms with Gasteiger partial charge < -0.3 is 16.2 Å². The summed E-state index contributed by atoms with van der Waals surface area (Å²) in [7, 11) is 0. The molecular weight excluding hydrogens is 180 g/mol. The van der Waals surface area contributed by atoms with Gasteiger partial charge in [0.1, 0.15) is 0 Å². The second kappa shape index (κ2) is 7.76. The van der Waals surface area contributed by atoms with Gasteiger partial charge in [0.2, 0.25) is 5.91 Å². The summed E-state index contributed by atoms with van der Waals surface area (Å²) in [6.07, 6.45) is 1.96. The average Bonchev–Trinajstić information content (AvgIpc) is 2.14. The van der Waals surface area contributed by atoms with Crippen molar-refractivity contribution < 1.29 is 9.90 Å². The van der Waals surface area contributed by atoms with Crippen molar-refractivity contribution >= 4 is 5.91 Å². The first-order valence-corrected chi connectivity index (χ1v) is 5.20. The SMILES string of the molecule is CC(CN)CCC(=O)NC(C)CCO. The first kappa shape index (κ1) is 13.4. The zero-order valence-electron chi connectivity index (χ0n) is 9.12. The van der Waals surface area contributed by atoms with Gasteiger partial charge in [0.25, 0.3) is 0 Å². The standard InChI is InChI=1S/C10H22N2O2/c1-8(7-11)3-4-10(14)12-9(2)5-6-13/h8-9,13H,3-7,11H2,1-2H3,(H,12,14). The van der Waals surface area contributed by atoms with Gasteiger partial charge in [-0.2, -0.15) is 0 Å². The van der Waals surface area contributed by atoms with Gasteiger partial charge in [-0.05, 0) is 32.2 Å². The molecule has 2 unspecified atom stereocenters. The van der Waals surface area contributed by atoms with E-state index < -0.39 is 0 Å². The topological polar surface area (TPSA) is 75.4 Å². The number of hydrogen-bond acceptors (Lipinski definition) is 3. The Morgan fingerprint density at radius 1 is 1.43 bits per heavy atom. The molecule has 0 spiro atoms. The van der Waals surface area contributed by atoms with Crippen LogP contribution in [-0.2, 0) is 4.79 Å². The molecule has 0 fully saturated rings. The van der Waals surface area contributed by atoms with Crippen molar-refractivity contribution in [2.45, 2.75) is 39.2 Å². The molecule has 2 atom stereocenters. The van der Waals surface area contributed by atoms with E-state index in [2.05, 4.69) is 5.32 Å². The molecule has 1 amide bonds. The molecule has 0 bridgehead atoms. The Morgan fingerprint density at radius 3 is 2.57 bits per heavy atom. The van der Waals surface area contributed by atoms with Gasteiger partial charge in [-0.1, -0.05) is 6.92 Å². The molecule has 0 saturated heterocycles. The number of aliphatic hydroxyl groups excluding tert-OH is 1. The number of amides is 1. The lowest BCUT2D eigenvalue weighted by Gasteiger charge is -2.13. The van der Waals surface area contributed by atoms with Gasteiger partial charge in [0.15, 0.2) is 0 Å². The quantitative estimate of drug-likeness (QED) is 0.554. The molecule has 14 heavy (non-hydrogen) atoms. The third-order valence-electron chi connectivity index (χ3n) is 2.24. The minimum Gasteiger partial charge on any atom is -0.396 e. The predicted molar refractivity (Wildman–Crippen MR) is 56.8 cm³/mol. The van der Waals surface area contributed by atoms with Crippen LogP contribution < -0.4 is 11.1 Å². The van der Waals surface area contributed by atoms with Crippen LogP contribution >= 0.6 is 0 Å². The highest BCUT2D eigenvalue weighted by atomic mass is 16.3. The Kier molecular flexibility index (Phi) is 7.42. The third kappa shape index (κ3) is 6.86. The summed E-state index contributed by atoms with van der Waals surface area (Å²) in [4.78, 5) is 11.3. The number of hydrogen-bond donors (Lipinski definition) is 3. The highest BCUT2D eigenvalue weighted by Gasteiger charge is 2.08. The van der Waals surface area contributed by atoms with Gasteiger partial charge in [-0.25, -0.2) is 0 Å². The summed E-state index contributed by atoms with van der Waals surface area (Å²) in [5, 5.41) is 11.5. The van der Waals surface area contributed by atoms with E-state index in [1.54, 1.807) is 0 Å². The molecule has 0 rings (SSSR count). The molecular formula is C10H22N2O2. The van der Waals surface area contributed by atoms with Crippen molar-refractivity contribution in [1.29, 1.82) is 0 Å². The minimum absolute atomic E-state index is 0.0475. The molecule has 0 aromatic heterocycles. The van der Waals surface area contributed by atoms with Crippen molar-refractivity contribution in [2.75, 3.05) is 13.2 Å². The number of nitrogens with one attached hydrogen (secondary N) is 1. The molecule has 0 aromatic carbocycles. The second-order valence-electron chi connectivity index (χ2n) is 3.86. The fraction of sp³-hybridized carbons (Fsp3) is 0.900. The molecule has 0 heterocycles. The molecule has 0 saturated carbocycles. The lowest BCUT2D eigenvalue weighted by molar-refractivity contribution is -0.122. The average molecular weight is 202 g/mol. The van der Waals surface area contributed by atoms with Crippen LogP contribution in [0, 0.1) is 5.92 Å². The minimum atomic E-state index is 0.0475. The van der Waals surface area contributed by atoms with E-state index in [0.29, 0.717) is 25.3 Å². The van der Waals surface area contributed by atoms with Crippen LogP contribution in [0.4, 0.5) is 0 Å². The highest BCUT2D eigenvalue weighted by Crippen LogP contribution is 2.03. The number of rotatable bonds is 7. The van der Waals surface area contributed by atoms with Crippen molar-refractivity contribution in [1.82, 2.24) is 5.32 Å². The fourth-order valence-corrected chi connectivity index (χ4v) is 1.11. The van der Waals surface area contributed by atoms with Crippen LogP contribution in [0.2, 0.25) is 0 Å². The van der Waals surface area contributed by atoms with E-state index in [1.165, 1.54) is 0 Å². The summed E-state index contributed by atoms with van der Waals surface area (Å²) >= 11 is 0. The van der Waals surface area contributed by atoms with Gasteiger partial charge in [0, 0.05) is 19.1 Å². The van der Waals surface area contributed by atoms with Crippen molar-refractivity contribution in [3.63, 3.8) is 0 Å². The van der Waals surface area contributed by atoms with Crippen molar-refractivity contribution in [3.8, 4) is 0 Å². The van der Waals surface area contributed by atoms with Crippen LogP contribution in [0.15, 0.2) is 0 Å². The summed E-state index contributed by atoms with van der Waals surface area (Å²) < 4.78 is 0. The maximum Gasteiger partial charge on any atom is 0.220 e. The predicted octanol–water partition coefficient (Wildman–Crippen LogP) is 0.249. The van der Waals surface area contributed by atoms with Crippen LogP contribution in [-0.4, -0.2) is 30.2 Å². The number of nitrogens with two attached hydrogens (primary N) is 1. The molecule has 4 heteroatoms. The Morgan fingerprint density at radius 2 is 2.07 bits per heavy atom. The molecule has 0 aliphatic heterocycles. The van der Waals surface area contributed by atoms with Crippen LogP contribution in [0.1, 0.15) is 33.1 Å². The summed E-state index contributed by atoms with van der Waals surface area (Å²) in [6, 6.07) is 0.0562. The molecule has 0 aromatic rings. The Hall–Kier alpha value is -0.610. The number of carbonyl (C=O) groups excluding carboxylic acids is 1. The van der Waals surface area contributed by atoms with Gasteiger partial charge >= 0.3 is 0 Å². The van der Waals surface area contributed by atoms with E-state index in [4.69, 9.17) is 10.8 Å². The molecule has 0 radical (unpaired) electrons. The summed E-state index contributed by atoms with van der Waals surface area (Å²) in [5.74, 6) is 0.445. The molecule has 0 aliphatic rings. The van der Waals surface area contributed by atoms with Crippen molar-refractivity contribution in [3.05, 3.63) is 0 Å².